The standard InChI is InChI=1S/C30H44FNO5Si/c1-29(2,3)36-28(35)32-25(19-21-13-10-9-11-14-21)26(37-38(7,8)30(4,5)6)20-23(27(33)34)17-22-15-12-16-24(31)18-22/h9-16,18,23,25-26H,17,19-20H2,1-8H3,(H,32,35)(H,33,34)/t23-,25+,26+/m1/s1. The molecule has 0 spiro atoms. The molecule has 0 radical (unpaired) electrons. The van der Waals surface area contributed by atoms with E-state index in [0.29, 0.717) is 12.0 Å². The van der Waals surface area contributed by atoms with Gasteiger partial charge in [-0.15, -0.1) is 0 Å². The molecule has 2 aromatic carbocycles. The van der Waals surface area contributed by atoms with Gasteiger partial charge in [-0.05, 0) is 81.4 Å². The minimum Gasteiger partial charge on any atom is -0.481 e. The smallest absolute Gasteiger partial charge is 0.407 e. The maximum absolute atomic E-state index is 13.9. The number of halogens is 1. The van der Waals surface area contributed by atoms with Crippen molar-refractivity contribution < 1.29 is 28.2 Å². The molecule has 0 fully saturated rings. The molecule has 210 valence electrons. The Morgan fingerprint density at radius 3 is 2.08 bits per heavy atom. The van der Waals surface area contributed by atoms with Crippen molar-refractivity contribution in [1.82, 2.24) is 5.32 Å². The Bertz CT molecular complexity index is 1060. The van der Waals surface area contributed by atoms with Crippen molar-refractivity contribution in [2.24, 2.45) is 5.92 Å². The van der Waals surface area contributed by atoms with Gasteiger partial charge < -0.3 is 19.6 Å². The molecule has 0 aliphatic rings. The van der Waals surface area contributed by atoms with Crippen LogP contribution in [-0.2, 0) is 26.8 Å². The van der Waals surface area contributed by atoms with Crippen LogP contribution in [-0.4, -0.2) is 43.2 Å². The number of rotatable bonds is 11. The number of carboxylic acids is 1. The third-order valence-corrected chi connectivity index (χ3v) is 11.4. The number of ether oxygens (including phenoxy) is 1. The summed E-state index contributed by atoms with van der Waals surface area (Å²) in [7, 11) is -2.39. The van der Waals surface area contributed by atoms with E-state index in [-0.39, 0.29) is 17.9 Å². The van der Waals surface area contributed by atoms with Crippen LogP contribution in [0.3, 0.4) is 0 Å². The van der Waals surface area contributed by atoms with Gasteiger partial charge in [0.15, 0.2) is 8.32 Å². The fourth-order valence-electron chi connectivity index (χ4n) is 3.95. The normalized spacial score (nSPS) is 14.9. The molecule has 0 aliphatic carbocycles. The molecule has 2 N–H and O–H groups in total. The highest BCUT2D eigenvalue weighted by Crippen LogP contribution is 2.39. The SMILES string of the molecule is CC(C)(C)OC(=O)N[C@@H](Cc1ccccc1)[C@H](C[C@@H](Cc1cccc(F)c1)C(=O)O)O[Si](C)(C)C(C)(C)C. The molecule has 2 rings (SSSR count). The van der Waals surface area contributed by atoms with Crippen LogP contribution in [0, 0.1) is 11.7 Å². The molecule has 3 atom stereocenters. The second-order valence-electron chi connectivity index (χ2n) is 12.5. The van der Waals surface area contributed by atoms with Crippen LogP contribution >= 0.6 is 0 Å². The number of carboxylic acid groups (broad SMARTS) is 1. The molecular weight excluding hydrogens is 501 g/mol. The van der Waals surface area contributed by atoms with Gasteiger partial charge in [-0.1, -0.05) is 63.2 Å². The average molecular weight is 546 g/mol. The lowest BCUT2D eigenvalue weighted by Crippen LogP contribution is -2.54. The lowest BCUT2D eigenvalue weighted by atomic mass is 9.89. The predicted molar refractivity (Wildman–Crippen MR) is 151 cm³/mol. The van der Waals surface area contributed by atoms with Gasteiger partial charge in [0, 0.05) is 0 Å². The largest absolute Gasteiger partial charge is 0.481 e. The van der Waals surface area contributed by atoms with Crippen molar-refractivity contribution >= 4 is 20.4 Å². The Hall–Kier alpha value is -2.71. The number of benzene rings is 2. The molecule has 0 heterocycles. The molecule has 2 aromatic rings. The van der Waals surface area contributed by atoms with Crippen LogP contribution in [0.4, 0.5) is 9.18 Å². The zero-order valence-corrected chi connectivity index (χ0v) is 25.0. The molecule has 0 aromatic heterocycles. The van der Waals surface area contributed by atoms with Gasteiger partial charge in [0.05, 0.1) is 18.1 Å². The van der Waals surface area contributed by atoms with Gasteiger partial charge in [-0.25, -0.2) is 9.18 Å². The topological polar surface area (TPSA) is 84.9 Å². The number of amides is 1. The van der Waals surface area contributed by atoms with E-state index in [1.807, 2.05) is 30.3 Å². The molecule has 0 unspecified atom stereocenters. The number of hydrogen-bond donors (Lipinski definition) is 2. The summed E-state index contributed by atoms with van der Waals surface area (Å²) in [6, 6.07) is 15.2. The average Bonchev–Trinajstić information content (AvgIpc) is 2.76. The summed E-state index contributed by atoms with van der Waals surface area (Å²) in [5.74, 6) is -2.24. The number of nitrogens with one attached hydrogen (secondary N) is 1. The van der Waals surface area contributed by atoms with Crippen molar-refractivity contribution in [2.75, 3.05) is 0 Å². The zero-order chi connectivity index (χ0) is 28.7. The Morgan fingerprint density at radius 1 is 0.947 bits per heavy atom. The van der Waals surface area contributed by atoms with Crippen molar-refractivity contribution in [1.29, 1.82) is 0 Å². The molecule has 38 heavy (non-hydrogen) atoms. The van der Waals surface area contributed by atoms with Crippen LogP contribution in [0.5, 0.6) is 0 Å². The number of carbonyl (C=O) groups is 2. The first-order valence-corrected chi connectivity index (χ1v) is 16.1. The van der Waals surface area contributed by atoms with E-state index in [1.54, 1.807) is 32.9 Å². The van der Waals surface area contributed by atoms with Crippen LogP contribution in [0.1, 0.15) is 59.1 Å². The van der Waals surface area contributed by atoms with Gasteiger partial charge in [0.2, 0.25) is 0 Å². The van der Waals surface area contributed by atoms with Crippen molar-refractivity contribution in [3.63, 3.8) is 0 Å². The molecule has 6 nitrogen and oxygen atoms in total. The van der Waals surface area contributed by atoms with Crippen LogP contribution in [0.15, 0.2) is 54.6 Å². The van der Waals surface area contributed by atoms with Gasteiger partial charge in [-0.2, -0.15) is 0 Å². The summed E-state index contributed by atoms with van der Waals surface area (Å²) in [4.78, 5) is 25.4. The number of alkyl carbamates (subject to hydrolysis) is 1. The fourth-order valence-corrected chi connectivity index (χ4v) is 5.32. The monoisotopic (exact) mass is 545 g/mol. The lowest BCUT2D eigenvalue weighted by Gasteiger charge is -2.42. The first kappa shape index (κ1) is 31.5. The Labute approximate surface area is 228 Å². The summed E-state index contributed by atoms with van der Waals surface area (Å²) >= 11 is 0. The molecule has 1 amide bonds. The Kier molecular flexibility index (Phi) is 10.7. The van der Waals surface area contributed by atoms with Crippen LogP contribution in [0.2, 0.25) is 18.1 Å². The first-order valence-electron chi connectivity index (χ1n) is 13.2. The van der Waals surface area contributed by atoms with E-state index in [9.17, 15) is 19.1 Å². The van der Waals surface area contributed by atoms with Crippen LogP contribution < -0.4 is 5.32 Å². The van der Waals surface area contributed by atoms with Crippen molar-refractivity contribution in [2.45, 2.75) is 96.7 Å². The van der Waals surface area contributed by atoms with Gasteiger partial charge in [0.25, 0.3) is 0 Å². The molecule has 0 bridgehead atoms. The maximum Gasteiger partial charge on any atom is 0.407 e. The quantitative estimate of drug-likeness (QED) is 0.297. The summed E-state index contributed by atoms with van der Waals surface area (Å²) < 4.78 is 26.3. The summed E-state index contributed by atoms with van der Waals surface area (Å²) in [5, 5.41) is 13.0. The molecule has 0 aliphatic heterocycles. The van der Waals surface area contributed by atoms with E-state index < -0.39 is 49.9 Å². The second-order valence-corrected chi connectivity index (χ2v) is 17.2. The summed E-state index contributed by atoms with van der Waals surface area (Å²) in [5.41, 5.74) is 0.885. The maximum atomic E-state index is 13.9. The number of carbonyl (C=O) groups excluding carboxylic acids is 1. The molecule has 8 heteroatoms. The van der Waals surface area contributed by atoms with Gasteiger partial charge in [-0.3, -0.25) is 4.79 Å². The first-order chi connectivity index (χ1) is 17.5. The number of aliphatic carboxylic acids is 1. The highest BCUT2D eigenvalue weighted by atomic mass is 28.4. The molecular formula is C30H44FNO5Si. The minimum atomic E-state index is -2.39. The summed E-state index contributed by atoms with van der Waals surface area (Å²) in [6.07, 6.45) is -0.468. The van der Waals surface area contributed by atoms with E-state index in [1.165, 1.54) is 12.1 Å². The van der Waals surface area contributed by atoms with Crippen molar-refractivity contribution in [3.8, 4) is 0 Å². The Balaban J connectivity index is 2.48. The third-order valence-electron chi connectivity index (χ3n) is 6.94. The van der Waals surface area contributed by atoms with Crippen molar-refractivity contribution in [3.05, 3.63) is 71.5 Å². The zero-order valence-electron chi connectivity index (χ0n) is 24.0. The highest BCUT2D eigenvalue weighted by molar-refractivity contribution is 6.74. The van der Waals surface area contributed by atoms with E-state index in [2.05, 4.69) is 39.2 Å². The summed E-state index contributed by atoms with van der Waals surface area (Å²) in [6.45, 7) is 15.9. The predicted octanol–water partition coefficient (Wildman–Crippen LogP) is 6.99. The fraction of sp³-hybridized carbons (Fsp3) is 0.533. The minimum absolute atomic E-state index is 0.143. The van der Waals surface area contributed by atoms with Crippen LogP contribution in [0.25, 0.3) is 0 Å². The van der Waals surface area contributed by atoms with Gasteiger partial charge >= 0.3 is 12.1 Å². The van der Waals surface area contributed by atoms with E-state index in [0.717, 1.165) is 5.56 Å². The molecule has 0 saturated heterocycles. The third kappa shape index (κ3) is 10.2. The van der Waals surface area contributed by atoms with Gasteiger partial charge in [0.1, 0.15) is 11.4 Å². The second kappa shape index (κ2) is 12.9. The number of hydrogen-bond acceptors (Lipinski definition) is 4. The van der Waals surface area contributed by atoms with E-state index in [4.69, 9.17) is 9.16 Å². The lowest BCUT2D eigenvalue weighted by molar-refractivity contribution is -0.142. The highest BCUT2D eigenvalue weighted by Gasteiger charge is 2.42. The molecule has 0 saturated carbocycles. The van der Waals surface area contributed by atoms with E-state index >= 15 is 0 Å². The Morgan fingerprint density at radius 2 is 1.55 bits per heavy atom.